The first kappa shape index (κ1) is 12.3. The number of hydrogen-bond acceptors (Lipinski definition) is 2. The van der Waals surface area contributed by atoms with E-state index < -0.39 is 0 Å². The van der Waals surface area contributed by atoms with Gasteiger partial charge in [0.1, 0.15) is 0 Å². The Labute approximate surface area is 92.9 Å². The van der Waals surface area contributed by atoms with E-state index in [0.29, 0.717) is 5.96 Å². The van der Waals surface area contributed by atoms with Crippen molar-refractivity contribution in [3.05, 3.63) is 0 Å². The molecule has 0 atom stereocenters. The van der Waals surface area contributed by atoms with E-state index in [2.05, 4.69) is 29.3 Å². The predicted octanol–water partition coefficient (Wildman–Crippen LogP) is 0.785. The topological polar surface area (TPSA) is 53.6 Å². The minimum Gasteiger partial charge on any atom is -0.370 e. The van der Waals surface area contributed by atoms with Crippen LogP contribution in [0.5, 0.6) is 0 Å². The van der Waals surface area contributed by atoms with Crippen molar-refractivity contribution in [2.45, 2.75) is 38.1 Å². The van der Waals surface area contributed by atoms with Crippen LogP contribution in [0.4, 0.5) is 0 Å². The van der Waals surface area contributed by atoms with Crippen molar-refractivity contribution in [1.29, 1.82) is 0 Å². The number of aliphatic imine (C=N–C) groups is 1. The van der Waals surface area contributed by atoms with Crippen LogP contribution >= 0.6 is 0 Å². The van der Waals surface area contributed by atoms with Crippen molar-refractivity contribution >= 4 is 5.96 Å². The van der Waals surface area contributed by atoms with Crippen LogP contribution in [0, 0.1) is 0 Å². The monoisotopic (exact) mass is 212 g/mol. The van der Waals surface area contributed by atoms with E-state index in [1.54, 1.807) is 0 Å². The van der Waals surface area contributed by atoms with Crippen molar-refractivity contribution in [2.75, 3.05) is 27.2 Å². The van der Waals surface area contributed by atoms with Gasteiger partial charge in [0.05, 0.1) is 6.54 Å². The highest BCUT2D eigenvalue weighted by Gasteiger charge is 2.35. The van der Waals surface area contributed by atoms with E-state index in [1.807, 2.05) is 6.92 Å². The van der Waals surface area contributed by atoms with Crippen LogP contribution in [-0.2, 0) is 0 Å². The van der Waals surface area contributed by atoms with Gasteiger partial charge in [-0.15, -0.1) is 0 Å². The molecule has 0 radical (unpaired) electrons. The Kier molecular flexibility index (Phi) is 4.39. The Morgan fingerprint density at radius 1 is 1.40 bits per heavy atom. The Bertz CT molecular complexity index is 217. The van der Waals surface area contributed by atoms with Gasteiger partial charge < -0.3 is 16.0 Å². The molecule has 0 bridgehead atoms. The van der Waals surface area contributed by atoms with Crippen molar-refractivity contribution in [3.63, 3.8) is 0 Å². The first-order chi connectivity index (χ1) is 7.10. The molecule has 4 heteroatoms. The molecule has 3 N–H and O–H groups in total. The summed E-state index contributed by atoms with van der Waals surface area (Å²) in [6, 6.07) is 0. The van der Waals surface area contributed by atoms with E-state index in [9.17, 15) is 0 Å². The highest BCUT2D eigenvalue weighted by molar-refractivity contribution is 5.77. The second-order valence-corrected chi connectivity index (χ2v) is 4.56. The third kappa shape index (κ3) is 3.09. The van der Waals surface area contributed by atoms with Gasteiger partial charge in [-0.25, -0.2) is 0 Å². The Morgan fingerprint density at radius 2 is 2.00 bits per heavy atom. The summed E-state index contributed by atoms with van der Waals surface area (Å²) in [7, 11) is 4.29. The van der Waals surface area contributed by atoms with Crippen LogP contribution in [-0.4, -0.2) is 43.6 Å². The summed E-state index contributed by atoms with van der Waals surface area (Å²) in [4.78, 5) is 6.74. The molecule has 0 aromatic rings. The summed E-state index contributed by atoms with van der Waals surface area (Å²) >= 11 is 0. The molecule has 1 aliphatic carbocycles. The molecule has 0 aliphatic heterocycles. The third-order valence-electron chi connectivity index (χ3n) is 3.38. The zero-order valence-corrected chi connectivity index (χ0v) is 10.2. The highest BCUT2D eigenvalue weighted by atomic mass is 15.2. The maximum absolute atomic E-state index is 5.74. The smallest absolute Gasteiger partial charge is 0.188 e. The molecule has 0 unspecified atom stereocenters. The molecule has 0 aromatic heterocycles. The fraction of sp³-hybridized carbons (Fsp3) is 0.909. The largest absolute Gasteiger partial charge is 0.370 e. The number of nitrogens with one attached hydrogen (secondary N) is 1. The lowest BCUT2D eigenvalue weighted by molar-refractivity contribution is 0.167. The fourth-order valence-corrected chi connectivity index (χ4v) is 2.25. The number of rotatable bonds is 4. The molecule has 1 rings (SSSR count). The lowest BCUT2D eigenvalue weighted by atomic mass is 9.96. The van der Waals surface area contributed by atoms with Crippen LogP contribution in [0.1, 0.15) is 32.6 Å². The predicted molar refractivity (Wildman–Crippen MR) is 65.1 cm³/mol. The van der Waals surface area contributed by atoms with E-state index >= 15 is 0 Å². The van der Waals surface area contributed by atoms with E-state index in [0.717, 1.165) is 13.1 Å². The third-order valence-corrected chi connectivity index (χ3v) is 3.38. The van der Waals surface area contributed by atoms with Gasteiger partial charge in [-0.1, -0.05) is 12.8 Å². The van der Waals surface area contributed by atoms with Crippen molar-refractivity contribution in [2.24, 2.45) is 10.7 Å². The number of hydrogen-bond donors (Lipinski definition) is 2. The van der Waals surface area contributed by atoms with Gasteiger partial charge in [-0.2, -0.15) is 0 Å². The van der Waals surface area contributed by atoms with Gasteiger partial charge in [0.25, 0.3) is 0 Å². The SMILES string of the molecule is CCNC(N)=NCC1(N(C)C)CCCC1. The first-order valence-corrected chi connectivity index (χ1v) is 5.82. The fourth-order valence-electron chi connectivity index (χ4n) is 2.25. The molecule has 1 saturated carbocycles. The van der Waals surface area contributed by atoms with Crippen molar-refractivity contribution in [3.8, 4) is 0 Å². The number of guanidine groups is 1. The summed E-state index contributed by atoms with van der Waals surface area (Å²) in [5.41, 5.74) is 5.99. The van der Waals surface area contributed by atoms with Crippen LogP contribution in [0.15, 0.2) is 4.99 Å². The van der Waals surface area contributed by atoms with Crippen LogP contribution < -0.4 is 11.1 Å². The number of nitrogens with two attached hydrogens (primary N) is 1. The zero-order valence-electron chi connectivity index (χ0n) is 10.2. The van der Waals surface area contributed by atoms with Crippen LogP contribution in [0.2, 0.25) is 0 Å². The molecule has 0 heterocycles. The average molecular weight is 212 g/mol. The lowest BCUT2D eigenvalue weighted by Gasteiger charge is -2.34. The van der Waals surface area contributed by atoms with E-state index in [4.69, 9.17) is 5.73 Å². The second kappa shape index (κ2) is 5.35. The van der Waals surface area contributed by atoms with Crippen molar-refractivity contribution < 1.29 is 0 Å². The maximum Gasteiger partial charge on any atom is 0.188 e. The average Bonchev–Trinajstić information content (AvgIpc) is 2.65. The van der Waals surface area contributed by atoms with Gasteiger partial charge in [0, 0.05) is 12.1 Å². The van der Waals surface area contributed by atoms with Crippen LogP contribution in [0.25, 0.3) is 0 Å². The summed E-state index contributed by atoms with van der Waals surface area (Å²) < 4.78 is 0. The minimum absolute atomic E-state index is 0.250. The number of likely N-dealkylation sites (N-methyl/N-ethyl adjacent to an activating group) is 1. The van der Waals surface area contributed by atoms with Gasteiger partial charge in [-0.3, -0.25) is 4.99 Å². The molecule has 88 valence electrons. The van der Waals surface area contributed by atoms with Crippen molar-refractivity contribution in [1.82, 2.24) is 10.2 Å². The standard InChI is InChI=1S/C11H24N4/c1-4-13-10(12)14-9-11(15(2)3)7-5-6-8-11/h4-9H2,1-3H3,(H3,12,13,14). The van der Waals surface area contributed by atoms with Gasteiger partial charge in [0.2, 0.25) is 0 Å². The first-order valence-electron chi connectivity index (χ1n) is 5.82. The summed E-state index contributed by atoms with van der Waals surface area (Å²) in [6.45, 7) is 3.68. The van der Waals surface area contributed by atoms with Gasteiger partial charge in [0.15, 0.2) is 5.96 Å². The molecular weight excluding hydrogens is 188 g/mol. The summed E-state index contributed by atoms with van der Waals surface area (Å²) in [6.07, 6.45) is 5.11. The maximum atomic E-state index is 5.74. The summed E-state index contributed by atoms with van der Waals surface area (Å²) in [5.74, 6) is 0.575. The van der Waals surface area contributed by atoms with E-state index in [1.165, 1.54) is 25.7 Å². The Morgan fingerprint density at radius 3 is 2.47 bits per heavy atom. The molecule has 1 fully saturated rings. The Balaban J connectivity index is 2.56. The molecule has 0 amide bonds. The zero-order chi connectivity index (χ0) is 11.3. The molecule has 0 aromatic carbocycles. The second-order valence-electron chi connectivity index (χ2n) is 4.56. The normalized spacial score (nSPS) is 20.9. The highest BCUT2D eigenvalue weighted by Crippen LogP contribution is 2.33. The quantitative estimate of drug-likeness (QED) is 0.535. The molecule has 0 spiro atoms. The summed E-state index contributed by atoms with van der Waals surface area (Å²) in [5, 5.41) is 3.03. The lowest BCUT2D eigenvalue weighted by Crippen LogP contribution is -2.45. The molecular formula is C11H24N4. The minimum atomic E-state index is 0.250. The van der Waals surface area contributed by atoms with Gasteiger partial charge >= 0.3 is 0 Å². The van der Waals surface area contributed by atoms with Crippen LogP contribution in [0.3, 0.4) is 0 Å². The van der Waals surface area contributed by atoms with E-state index in [-0.39, 0.29) is 5.54 Å². The Hall–Kier alpha value is -0.770. The molecule has 15 heavy (non-hydrogen) atoms. The molecule has 4 nitrogen and oxygen atoms in total. The number of nitrogens with zero attached hydrogens (tertiary/aromatic N) is 2. The van der Waals surface area contributed by atoms with Gasteiger partial charge in [-0.05, 0) is 33.9 Å². The molecule has 0 saturated heterocycles. The molecule has 1 aliphatic rings.